The van der Waals surface area contributed by atoms with E-state index in [4.69, 9.17) is 9.26 Å². The summed E-state index contributed by atoms with van der Waals surface area (Å²) in [7, 11) is 0. The maximum atomic E-state index is 10.9. The molecule has 1 N–H and O–H groups in total. The standard InChI is InChI=1S/C19H31N3O3/c1-19(23)9-3-2-5-15(19)16-6-4-10-22(16)13-17-20-18(25-21-17)14-7-11-24-12-8-14/h14-16,23H,2-13H2,1H3. The van der Waals surface area contributed by atoms with Crippen LogP contribution in [0.1, 0.15) is 75.9 Å². The van der Waals surface area contributed by atoms with Crippen LogP contribution in [0.25, 0.3) is 0 Å². The van der Waals surface area contributed by atoms with Gasteiger partial charge in [0.2, 0.25) is 5.89 Å². The van der Waals surface area contributed by atoms with Gasteiger partial charge in [0.1, 0.15) is 0 Å². The van der Waals surface area contributed by atoms with E-state index in [1.54, 1.807) is 0 Å². The van der Waals surface area contributed by atoms with Crippen LogP contribution in [0.3, 0.4) is 0 Å². The minimum Gasteiger partial charge on any atom is -0.390 e. The molecule has 3 unspecified atom stereocenters. The molecule has 0 amide bonds. The van der Waals surface area contributed by atoms with Crippen molar-refractivity contribution in [3.8, 4) is 0 Å². The van der Waals surface area contributed by atoms with E-state index >= 15 is 0 Å². The summed E-state index contributed by atoms with van der Waals surface area (Å²) in [6.45, 7) is 5.41. The molecule has 1 aromatic rings. The van der Waals surface area contributed by atoms with Crippen LogP contribution in [0.2, 0.25) is 0 Å². The summed E-state index contributed by atoms with van der Waals surface area (Å²) in [5.41, 5.74) is -0.532. The summed E-state index contributed by atoms with van der Waals surface area (Å²) < 4.78 is 11.0. The maximum Gasteiger partial charge on any atom is 0.229 e. The highest BCUT2D eigenvalue weighted by atomic mass is 16.5. The molecular weight excluding hydrogens is 318 g/mol. The Morgan fingerprint density at radius 3 is 2.80 bits per heavy atom. The minimum absolute atomic E-state index is 0.350. The molecule has 3 heterocycles. The number of hydrogen-bond donors (Lipinski definition) is 1. The first kappa shape index (κ1) is 17.4. The van der Waals surface area contributed by atoms with Crippen molar-refractivity contribution >= 4 is 0 Å². The van der Waals surface area contributed by atoms with E-state index in [1.807, 2.05) is 6.92 Å². The zero-order valence-electron chi connectivity index (χ0n) is 15.3. The van der Waals surface area contributed by atoms with Crippen molar-refractivity contribution in [1.29, 1.82) is 0 Å². The van der Waals surface area contributed by atoms with Crippen LogP contribution in [0.5, 0.6) is 0 Å². The fraction of sp³-hybridized carbons (Fsp3) is 0.895. The van der Waals surface area contributed by atoms with Gasteiger partial charge in [0.05, 0.1) is 12.1 Å². The van der Waals surface area contributed by atoms with Crippen molar-refractivity contribution in [2.45, 2.75) is 82.4 Å². The van der Waals surface area contributed by atoms with Crippen LogP contribution in [-0.2, 0) is 11.3 Å². The Hall–Kier alpha value is -0.980. The Labute approximate surface area is 149 Å². The molecule has 6 nitrogen and oxygen atoms in total. The average Bonchev–Trinajstić information content (AvgIpc) is 3.25. The topological polar surface area (TPSA) is 71.6 Å². The van der Waals surface area contributed by atoms with Crippen molar-refractivity contribution in [2.75, 3.05) is 19.8 Å². The Balaban J connectivity index is 1.42. The number of rotatable bonds is 4. The second kappa shape index (κ2) is 7.33. The summed E-state index contributed by atoms with van der Waals surface area (Å²) in [6.07, 6.45) is 8.76. The third kappa shape index (κ3) is 3.76. The summed E-state index contributed by atoms with van der Waals surface area (Å²) in [6, 6.07) is 0.445. The van der Waals surface area contributed by atoms with E-state index in [-0.39, 0.29) is 0 Å². The molecule has 1 aliphatic carbocycles. The molecule has 0 radical (unpaired) electrons. The second-order valence-electron chi connectivity index (χ2n) is 8.32. The normalized spacial score (nSPS) is 35.3. The molecule has 6 heteroatoms. The smallest absolute Gasteiger partial charge is 0.229 e. The molecule has 25 heavy (non-hydrogen) atoms. The number of nitrogens with zero attached hydrogens (tertiary/aromatic N) is 3. The average molecular weight is 349 g/mol. The van der Waals surface area contributed by atoms with E-state index < -0.39 is 5.60 Å². The fourth-order valence-corrected chi connectivity index (χ4v) is 5.08. The highest BCUT2D eigenvalue weighted by Gasteiger charge is 2.43. The predicted molar refractivity (Wildman–Crippen MR) is 93.1 cm³/mol. The Bertz CT molecular complexity index is 568. The molecule has 3 atom stereocenters. The van der Waals surface area contributed by atoms with Crippen LogP contribution in [0.4, 0.5) is 0 Å². The molecule has 2 saturated heterocycles. The van der Waals surface area contributed by atoms with Gasteiger partial charge in [-0.2, -0.15) is 4.98 Å². The van der Waals surface area contributed by atoms with Crippen LogP contribution < -0.4 is 0 Å². The van der Waals surface area contributed by atoms with Gasteiger partial charge in [0.25, 0.3) is 0 Å². The first-order valence-corrected chi connectivity index (χ1v) is 10.00. The largest absolute Gasteiger partial charge is 0.390 e. The van der Waals surface area contributed by atoms with Crippen molar-refractivity contribution in [3.63, 3.8) is 0 Å². The molecule has 4 rings (SSSR count). The maximum absolute atomic E-state index is 10.9. The van der Waals surface area contributed by atoms with Gasteiger partial charge in [0, 0.05) is 31.1 Å². The van der Waals surface area contributed by atoms with Gasteiger partial charge in [-0.15, -0.1) is 0 Å². The van der Waals surface area contributed by atoms with Crippen molar-refractivity contribution in [3.05, 3.63) is 11.7 Å². The molecule has 2 aliphatic heterocycles. The monoisotopic (exact) mass is 349 g/mol. The number of ether oxygens (including phenoxy) is 1. The third-order valence-corrected chi connectivity index (χ3v) is 6.52. The lowest BCUT2D eigenvalue weighted by Gasteiger charge is -2.43. The van der Waals surface area contributed by atoms with E-state index in [9.17, 15) is 5.11 Å². The van der Waals surface area contributed by atoms with Gasteiger partial charge < -0.3 is 14.4 Å². The number of hydrogen-bond acceptors (Lipinski definition) is 6. The molecule has 0 aromatic carbocycles. The van der Waals surface area contributed by atoms with Crippen molar-refractivity contribution in [1.82, 2.24) is 15.0 Å². The number of aromatic nitrogens is 2. The summed E-state index contributed by atoms with van der Waals surface area (Å²) in [5.74, 6) is 2.29. The highest BCUT2D eigenvalue weighted by molar-refractivity contribution is 5.00. The van der Waals surface area contributed by atoms with Crippen molar-refractivity contribution < 1.29 is 14.4 Å². The molecule has 0 bridgehead atoms. The SMILES string of the molecule is CC1(O)CCCCC1C1CCCN1Cc1noc(C2CCOCC2)n1. The van der Waals surface area contributed by atoms with Gasteiger partial charge in [-0.05, 0) is 52.0 Å². The Kier molecular flexibility index (Phi) is 5.11. The molecular formula is C19H31N3O3. The lowest BCUT2D eigenvalue weighted by molar-refractivity contribution is -0.0631. The van der Waals surface area contributed by atoms with Crippen molar-refractivity contribution in [2.24, 2.45) is 5.92 Å². The fourth-order valence-electron chi connectivity index (χ4n) is 5.08. The second-order valence-corrected chi connectivity index (χ2v) is 8.32. The summed E-state index contributed by atoms with van der Waals surface area (Å²) in [4.78, 5) is 7.15. The van der Waals surface area contributed by atoms with Gasteiger partial charge in [-0.1, -0.05) is 18.0 Å². The zero-order valence-corrected chi connectivity index (χ0v) is 15.3. The lowest BCUT2D eigenvalue weighted by Crippen LogP contribution is -2.48. The van der Waals surface area contributed by atoms with Gasteiger partial charge in [-0.25, -0.2) is 0 Å². The lowest BCUT2D eigenvalue weighted by atomic mass is 9.72. The van der Waals surface area contributed by atoms with E-state index in [2.05, 4.69) is 15.0 Å². The quantitative estimate of drug-likeness (QED) is 0.901. The molecule has 1 saturated carbocycles. The highest BCUT2D eigenvalue weighted by Crippen LogP contribution is 2.41. The van der Waals surface area contributed by atoms with Gasteiger partial charge in [-0.3, -0.25) is 4.90 Å². The van der Waals surface area contributed by atoms with Gasteiger partial charge >= 0.3 is 0 Å². The number of aliphatic hydroxyl groups is 1. The first-order valence-electron chi connectivity index (χ1n) is 10.00. The molecule has 0 spiro atoms. The number of likely N-dealkylation sites (tertiary alicyclic amines) is 1. The summed E-state index contributed by atoms with van der Waals surface area (Å²) >= 11 is 0. The van der Waals surface area contributed by atoms with E-state index in [1.165, 1.54) is 19.3 Å². The minimum atomic E-state index is -0.532. The van der Waals surface area contributed by atoms with Crippen LogP contribution in [0, 0.1) is 5.92 Å². The van der Waals surface area contributed by atoms with Crippen LogP contribution in [0.15, 0.2) is 4.52 Å². The molecule has 1 aromatic heterocycles. The molecule has 140 valence electrons. The Morgan fingerprint density at radius 1 is 1.16 bits per heavy atom. The predicted octanol–water partition coefficient (Wildman–Crippen LogP) is 2.87. The summed E-state index contributed by atoms with van der Waals surface area (Å²) in [5, 5.41) is 15.1. The third-order valence-electron chi connectivity index (χ3n) is 6.52. The molecule has 3 aliphatic rings. The molecule has 3 fully saturated rings. The van der Waals surface area contributed by atoms with Crippen LogP contribution >= 0.6 is 0 Å². The van der Waals surface area contributed by atoms with E-state index in [0.29, 0.717) is 17.9 Å². The Morgan fingerprint density at radius 2 is 2.00 bits per heavy atom. The zero-order chi connectivity index (χ0) is 17.3. The first-order chi connectivity index (χ1) is 12.1. The van der Waals surface area contributed by atoms with E-state index in [0.717, 1.165) is 70.1 Å². The van der Waals surface area contributed by atoms with Gasteiger partial charge in [0.15, 0.2) is 5.82 Å². The van der Waals surface area contributed by atoms with Crippen LogP contribution in [-0.4, -0.2) is 51.5 Å².